The number of carbonyl (C=O) groups excluding carboxylic acids is 1. The third kappa shape index (κ3) is 3.48. The van der Waals surface area contributed by atoms with Gasteiger partial charge in [0.05, 0.1) is 16.5 Å². The predicted molar refractivity (Wildman–Crippen MR) is 75.4 cm³/mol. The molecule has 2 N–H and O–H groups in total. The zero-order chi connectivity index (χ0) is 13.9. The summed E-state index contributed by atoms with van der Waals surface area (Å²) >= 11 is 3.04. The largest absolute Gasteiger partial charge is 0.480 e. The van der Waals surface area contributed by atoms with E-state index < -0.39 is 11.5 Å². The van der Waals surface area contributed by atoms with Gasteiger partial charge >= 0.3 is 5.97 Å². The quantitative estimate of drug-likeness (QED) is 0.837. The Balaban J connectivity index is 1.74. The Labute approximate surface area is 119 Å². The zero-order valence-corrected chi connectivity index (χ0v) is 12.3. The van der Waals surface area contributed by atoms with E-state index in [1.165, 1.54) is 11.8 Å². The summed E-state index contributed by atoms with van der Waals surface area (Å²) in [5.41, 5.74) is -0.0358. The third-order valence-corrected chi connectivity index (χ3v) is 4.93. The second-order valence-electron chi connectivity index (χ2n) is 4.64. The lowest BCUT2D eigenvalue weighted by atomic mass is 9.77. The van der Waals surface area contributed by atoms with Gasteiger partial charge in [-0.15, -0.1) is 23.1 Å². The lowest BCUT2D eigenvalue weighted by Gasteiger charge is -2.38. The van der Waals surface area contributed by atoms with Crippen LogP contribution >= 0.6 is 23.1 Å². The first-order chi connectivity index (χ1) is 9.02. The van der Waals surface area contributed by atoms with E-state index in [0.29, 0.717) is 18.6 Å². The number of aryl methyl sites for hydroxylation is 1. The van der Waals surface area contributed by atoms with E-state index in [-0.39, 0.29) is 11.7 Å². The molecule has 1 aliphatic rings. The van der Waals surface area contributed by atoms with E-state index in [2.05, 4.69) is 10.3 Å². The molecule has 0 spiro atoms. The highest BCUT2D eigenvalue weighted by atomic mass is 32.2. The Bertz CT molecular complexity index is 483. The molecule has 1 aromatic rings. The van der Waals surface area contributed by atoms with Gasteiger partial charge in [-0.3, -0.25) is 4.79 Å². The number of nitrogens with zero attached hydrogens (tertiary/aromatic N) is 1. The maximum Gasteiger partial charge on any atom is 0.329 e. The predicted octanol–water partition coefficient (Wildman–Crippen LogP) is 1.81. The molecule has 0 atom stereocenters. The minimum Gasteiger partial charge on any atom is -0.480 e. The van der Waals surface area contributed by atoms with Crippen molar-refractivity contribution in [2.75, 3.05) is 5.75 Å². The maximum atomic E-state index is 11.7. The lowest BCUT2D eigenvalue weighted by molar-refractivity contribution is -0.151. The Hall–Kier alpha value is -1.08. The molecule has 1 aromatic heterocycles. The van der Waals surface area contributed by atoms with Crippen LogP contribution in [0.15, 0.2) is 5.38 Å². The van der Waals surface area contributed by atoms with Crippen molar-refractivity contribution in [2.24, 2.45) is 0 Å². The molecule has 0 unspecified atom stereocenters. The summed E-state index contributed by atoms with van der Waals surface area (Å²) in [5.74, 6) is -0.185. The Morgan fingerprint density at radius 3 is 2.79 bits per heavy atom. The van der Waals surface area contributed by atoms with E-state index in [1.807, 2.05) is 12.3 Å². The van der Waals surface area contributed by atoms with Crippen LogP contribution in [-0.4, -0.2) is 33.3 Å². The molecule has 0 bridgehead atoms. The molecule has 1 fully saturated rings. The molecule has 1 aliphatic carbocycles. The van der Waals surface area contributed by atoms with Crippen molar-refractivity contribution in [1.82, 2.24) is 10.3 Å². The molecule has 0 saturated heterocycles. The average Bonchev–Trinajstić information content (AvgIpc) is 2.69. The van der Waals surface area contributed by atoms with Crippen molar-refractivity contribution in [1.29, 1.82) is 0 Å². The van der Waals surface area contributed by atoms with Gasteiger partial charge in [0.1, 0.15) is 5.54 Å². The van der Waals surface area contributed by atoms with Crippen LogP contribution in [0, 0.1) is 6.92 Å². The number of thiazole rings is 1. The number of carboxylic acids is 1. The third-order valence-electron chi connectivity index (χ3n) is 3.14. The highest BCUT2D eigenvalue weighted by Gasteiger charge is 2.45. The van der Waals surface area contributed by atoms with Gasteiger partial charge in [-0.25, -0.2) is 9.78 Å². The number of rotatable bonds is 6. The van der Waals surface area contributed by atoms with E-state index in [9.17, 15) is 9.59 Å². The van der Waals surface area contributed by atoms with Gasteiger partial charge in [-0.05, 0) is 26.2 Å². The smallest absolute Gasteiger partial charge is 0.329 e. The second kappa shape index (κ2) is 5.92. The van der Waals surface area contributed by atoms with E-state index in [4.69, 9.17) is 5.11 Å². The molecule has 1 saturated carbocycles. The molecule has 0 aromatic carbocycles. The topological polar surface area (TPSA) is 79.3 Å². The molecule has 7 heteroatoms. The minimum atomic E-state index is -1.01. The van der Waals surface area contributed by atoms with Gasteiger partial charge in [0, 0.05) is 11.1 Å². The monoisotopic (exact) mass is 300 g/mol. The van der Waals surface area contributed by atoms with Gasteiger partial charge in [0.2, 0.25) is 5.91 Å². The first-order valence-corrected chi connectivity index (χ1v) is 8.08. The van der Waals surface area contributed by atoms with Crippen molar-refractivity contribution in [3.8, 4) is 0 Å². The summed E-state index contributed by atoms with van der Waals surface area (Å²) in [6, 6.07) is 0. The van der Waals surface area contributed by atoms with Crippen LogP contribution in [0.4, 0.5) is 0 Å². The average molecular weight is 300 g/mol. The molecule has 19 heavy (non-hydrogen) atoms. The summed E-state index contributed by atoms with van der Waals surface area (Å²) in [5, 5.41) is 14.7. The van der Waals surface area contributed by atoms with E-state index in [1.54, 1.807) is 11.3 Å². The van der Waals surface area contributed by atoms with Crippen LogP contribution in [0.3, 0.4) is 0 Å². The van der Waals surface area contributed by atoms with Crippen molar-refractivity contribution in [3.05, 3.63) is 16.1 Å². The first-order valence-electron chi connectivity index (χ1n) is 6.05. The second-order valence-corrected chi connectivity index (χ2v) is 6.69. The molecule has 1 amide bonds. The molecule has 104 valence electrons. The molecule has 0 aliphatic heterocycles. The maximum absolute atomic E-state index is 11.7. The van der Waals surface area contributed by atoms with E-state index in [0.717, 1.165) is 17.1 Å². The highest BCUT2D eigenvalue weighted by molar-refractivity contribution is 7.99. The van der Waals surface area contributed by atoms with Crippen molar-refractivity contribution < 1.29 is 14.7 Å². The molecular weight excluding hydrogens is 284 g/mol. The van der Waals surface area contributed by atoms with Crippen molar-refractivity contribution >= 4 is 35.0 Å². The van der Waals surface area contributed by atoms with Crippen molar-refractivity contribution in [3.63, 3.8) is 0 Å². The number of hydrogen-bond donors (Lipinski definition) is 2. The molecule has 1 heterocycles. The summed E-state index contributed by atoms with van der Waals surface area (Å²) < 4.78 is 0. The minimum absolute atomic E-state index is 0.209. The van der Waals surface area contributed by atoms with Crippen LogP contribution < -0.4 is 5.32 Å². The number of nitrogens with one attached hydrogen (secondary N) is 1. The Morgan fingerprint density at radius 1 is 1.58 bits per heavy atom. The number of aliphatic carboxylic acids is 1. The van der Waals surface area contributed by atoms with E-state index >= 15 is 0 Å². The normalized spacial score (nSPS) is 16.7. The first kappa shape index (κ1) is 14.3. The van der Waals surface area contributed by atoms with Gasteiger partial charge < -0.3 is 10.4 Å². The summed E-state index contributed by atoms with van der Waals surface area (Å²) in [7, 11) is 0. The van der Waals surface area contributed by atoms with Gasteiger partial charge in [0.15, 0.2) is 0 Å². The number of amides is 1. The Kier molecular flexibility index (Phi) is 4.46. The number of thioether (sulfide) groups is 1. The highest BCUT2D eigenvalue weighted by Crippen LogP contribution is 2.32. The van der Waals surface area contributed by atoms with Crippen LogP contribution in [-0.2, 0) is 15.3 Å². The summed E-state index contributed by atoms with van der Waals surface area (Å²) in [6.45, 7) is 1.94. The molecule has 5 nitrogen and oxygen atoms in total. The van der Waals surface area contributed by atoms with Gasteiger partial charge in [-0.2, -0.15) is 0 Å². The molecule has 0 radical (unpaired) electrons. The van der Waals surface area contributed by atoms with Crippen LogP contribution in [0.1, 0.15) is 30.0 Å². The van der Waals surface area contributed by atoms with Crippen molar-refractivity contribution in [2.45, 2.75) is 37.5 Å². The number of hydrogen-bond acceptors (Lipinski definition) is 5. The number of carboxylic acid groups (broad SMARTS) is 1. The molecular formula is C12H16N2O3S2. The number of aromatic nitrogens is 1. The molecule has 2 rings (SSSR count). The zero-order valence-electron chi connectivity index (χ0n) is 10.6. The fourth-order valence-corrected chi connectivity index (χ4v) is 3.38. The SMILES string of the molecule is Cc1nc(CSCC(=O)NC2(C(=O)O)CCC2)cs1. The van der Waals surface area contributed by atoms with Gasteiger partial charge in [0.25, 0.3) is 0 Å². The number of carbonyl (C=O) groups is 2. The summed E-state index contributed by atoms with van der Waals surface area (Å²) in [4.78, 5) is 27.2. The standard InChI is InChI=1S/C12H16N2O3S2/c1-8-13-9(6-19-8)5-18-7-10(15)14-12(11(16)17)3-2-4-12/h6H,2-5,7H2,1H3,(H,14,15)(H,16,17). The summed E-state index contributed by atoms with van der Waals surface area (Å²) in [6.07, 6.45) is 1.92. The van der Waals surface area contributed by atoms with Crippen LogP contribution in [0.25, 0.3) is 0 Å². The Morgan fingerprint density at radius 2 is 2.32 bits per heavy atom. The lowest BCUT2D eigenvalue weighted by Crippen LogP contribution is -2.59. The fourth-order valence-electron chi connectivity index (χ4n) is 1.95. The van der Waals surface area contributed by atoms with Crippen LogP contribution in [0.5, 0.6) is 0 Å². The van der Waals surface area contributed by atoms with Gasteiger partial charge in [-0.1, -0.05) is 0 Å². The fraction of sp³-hybridized carbons (Fsp3) is 0.583. The van der Waals surface area contributed by atoms with Crippen LogP contribution in [0.2, 0.25) is 0 Å².